The average Bonchev–Trinajstić information content (AvgIpc) is 2.26. The zero-order valence-electron chi connectivity index (χ0n) is 9.09. The molecule has 0 spiro atoms. The van der Waals surface area contributed by atoms with E-state index in [-0.39, 0.29) is 5.91 Å². The highest BCUT2D eigenvalue weighted by Gasteiger charge is 2.09. The number of amides is 1. The van der Waals surface area contributed by atoms with E-state index in [1.54, 1.807) is 12.1 Å². The van der Waals surface area contributed by atoms with Crippen molar-refractivity contribution in [2.24, 2.45) is 5.92 Å². The van der Waals surface area contributed by atoms with Crippen molar-refractivity contribution in [2.45, 2.75) is 20.3 Å². The summed E-state index contributed by atoms with van der Waals surface area (Å²) in [5, 5.41) is 3.37. The van der Waals surface area contributed by atoms with Gasteiger partial charge in [-0.3, -0.25) is 4.79 Å². The molecule has 2 nitrogen and oxygen atoms in total. The molecule has 0 bridgehead atoms. The first-order valence-corrected chi connectivity index (χ1v) is 5.55. The van der Waals surface area contributed by atoms with Crippen LogP contribution in [0.25, 0.3) is 0 Å². The standard InChI is InChI=1S/C12H16ClNO/c1-3-9(2)8-14-12(15)10-6-4-5-7-11(10)13/h4-7,9H,3,8H2,1-2H3,(H,14,15). The van der Waals surface area contributed by atoms with Gasteiger partial charge in [0.05, 0.1) is 10.6 Å². The van der Waals surface area contributed by atoms with Gasteiger partial charge in [0.1, 0.15) is 0 Å². The van der Waals surface area contributed by atoms with E-state index in [0.29, 0.717) is 23.0 Å². The third kappa shape index (κ3) is 3.56. The van der Waals surface area contributed by atoms with Crippen molar-refractivity contribution >= 4 is 17.5 Å². The molecule has 0 radical (unpaired) electrons. The van der Waals surface area contributed by atoms with Gasteiger partial charge >= 0.3 is 0 Å². The van der Waals surface area contributed by atoms with Crippen molar-refractivity contribution in [3.63, 3.8) is 0 Å². The van der Waals surface area contributed by atoms with E-state index >= 15 is 0 Å². The number of benzene rings is 1. The Labute approximate surface area is 95.6 Å². The number of halogens is 1. The lowest BCUT2D eigenvalue weighted by Gasteiger charge is -2.10. The summed E-state index contributed by atoms with van der Waals surface area (Å²) < 4.78 is 0. The molecule has 0 fully saturated rings. The molecule has 1 rings (SSSR count). The molecule has 0 saturated heterocycles. The van der Waals surface area contributed by atoms with Crippen molar-refractivity contribution in [3.8, 4) is 0 Å². The fourth-order valence-corrected chi connectivity index (χ4v) is 1.37. The molecule has 0 aliphatic heterocycles. The van der Waals surface area contributed by atoms with E-state index in [9.17, 15) is 4.79 Å². The maximum absolute atomic E-state index is 11.7. The van der Waals surface area contributed by atoms with Crippen LogP contribution in [0.2, 0.25) is 5.02 Å². The maximum atomic E-state index is 11.7. The SMILES string of the molecule is CCC(C)CNC(=O)c1ccccc1Cl. The molecule has 1 unspecified atom stereocenters. The molecule has 0 heterocycles. The number of hydrogen-bond donors (Lipinski definition) is 1. The van der Waals surface area contributed by atoms with Crippen molar-refractivity contribution in [1.82, 2.24) is 5.32 Å². The Bertz CT molecular complexity index is 338. The molecule has 0 aliphatic carbocycles. The van der Waals surface area contributed by atoms with Crippen LogP contribution in [0.15, 0.2) is 24.3 Å². The van der Waals surface area contributed by atoms with Gasteiger partial charge in [0.2, 0.25) is 0 Å². The Morgan fingerprint density at radius 3 is 2.73 bits per heavy atom. The molecule has 1 atom stereocenters. The minimum atomic E-state index is -0.0964. The van der Waals surface area contributed by atoms with E-state index < -0.39 is 0 Å². The lowest BCUT2D eigenvalue weighted by atomic mass is 10.1. The van der Waals surface area contributed by atoms with Crippen LogP contribution in [-0.2, 0) is 0 Å². The molecule has 0 saturated carbocycles. The van der Waals surface area contributed by atoms with Crippen LogP contribution in [0.1, 0.15) is 30.6 Å². The fourth-order valence-electron chi connectivity index (χ4n) is 1.15. The van der Waals surface area contributed by atoms with Gasteiger partial charge in [-0.15, -0.1) is 0 Å². The van der Waals surface area contributed by atoms with E-state index in [2.05, 4.69) is 19.2 Å². The largest absolute Gasteiger partial charge is 0.352 e. The minimum absolute atomic E-state index is 0.0964. The first-order valence-electron chi connectivity index (χ1n) is 5.17. The molecule has 1 aromatic carbocycles. The van der Waals surface area contributed by atoms with Gasteiger partial charge in [-0.2, -0.15) is 0 Å². The number of carbonyl (C=O) groups excluding carboxylic acids is 1. The monoisotopic (exact) mass is 225 g/mol. The first-order chi connectivity index (χ1) is 7.15. The minimum Gasteiger partial charge on any atom is -0.352 e. The van der Waals surface area contributed by atoms with E-state index in [0.717, 1.165) is 6.42 Å². The Balaban J connectivity index is 2.58. The fraction of sp³-hybridized carbons (Fsp3) is 0.417. The molecule has 1 aromatic rings. The molecular weight excluding hydrogens is 210 g/mol. The van der Waals surface area contributed by atoms with Gasteiger partial charge in [0.25, 0.3) is 5.91 Å². The molecule has 3 heteroatoms. The Morgan fingerprint density at radius 1 is 1.47 bits per heavy atom. The third-order valence-electron chi connectivity index (χ3n) is 2.43. The highest BCUT2D eigenvalue weighted by molar-refractivity contribution is 6.33. The maximum Gasteiger partial charge on any atom is 0.252 e. The van der Waals surface area contributed by atoms with Gasteiger partial charge in [-0.05, 0) is 18.1 Å². The second kappa shape index (κ2) is 5.76. The topological polar surface area (TPSA) is 29.1 Å². The molecule has 0 aliphatic rings. The van der Waals surface area contributed by atoms with E-state index in [4.69, 9.17) is 11.6 Å². The van der Waals surface area contributed by atoms with Crippen molar-refractivity contribution in [1.29, 1.82) is 0 Å². The molecule has 1 N–H and O–H groups in total. The van der Waals surface area contributed by atoms with Crippen LogP contribution in [0.5, 0.6) is 0 Å². The van der Waals surface area contributed by atoms with Gasteiger partial charge in [0.15, 0.2) is 0 Å². The van der Waals surface area contributed by atoms with Crippen molar-refractivity contribution in [2.75, 3.05) is 6.54 Å². The molecule has 0 aromatic heterocycles. The van der Waals surface area contributed by atoms with Crippen molar-refractivity contribution in [3.05, 3.63) is 34.9 Å². The zero-order chi connectivity index (χ0) is 11.3. The summed E-state index contributed by atoms with van der Waals surface area (Å²) in [6.45, 7) is 4.90. The summed E-state index contributed by atoms with van der Waals surface area (Å²) in [5.74, 6) is 0.400. The predicted octanol–water partition coefficient (Wildman–Crippen LogP) is 3.12. The third-order valence-corrected chi connectivity index (χ3v) is 2.76. The van der Waals surface area contributed by atoms with Crippen LogP contribution in [0, 0.1) is 5.92 Å². The quantitative estimate of drug-likeness (QED) is 0.838. The first kappa shape index (κ1) is 12.1. The molecule has 1 amide bonds. The highest BCUT2D eigenvalue weighted by atomic mass is 35.5. The van der Waals surface area contributed by atoms with Gasteiger partial charge < -0.3 is 5.32 Å². The number of nitrogens with one attached hydrogen (secondary N) is 1. The summed E-state index contributed by atoms with van der Waals surface area (Å²) in [5.41, 5.74) is 0.544. The number of carbonyl (C=O) groups is 1. The van der Waals surface area contributed by atoms with E-state index in [1.807, 2.05) is 12.1 Å². The van der Waals surface area contributed by atoms with Crippen LogP contribution >= 0.6 is 11.6 Å². The Hall–Kier alpha value is -1.02. The van der Waals surface area contributed by atoms with Crippen LogP contribution in [0.3, 0.4) is 0 Å². The van der Waals surface area contributed by atoms with Gasteiger partial charge in [-0.25, -0.2) is 0 Å². The normalized spacial score (nSPS) is 12.2. The zero-order valence-corrected chi connectivity index (χ0v) is 9.84. The predicted molar refractivity (Wildman–Crippen MR) is 63.2 cm³/mol. The number of hydrogen-bond acceptors (Lipinski definition) is 1. The lowest BCUT2D eigenvalue weighted by molar-refractivity contribution is 0.0948. The summed E-state index contributed by atoms with van der Waals surface area (Å²) in [6, 6.07) is 7.08. The second-order valence-corrected chi connectivity index (χ2v) is 4.11. The highest BCUT2D eigenvalue weighted by Crippen LogP contribution is 2.14. The van der Waals surface area contributed by atoms with Crippen LogP contribution < -0.4 is 5.32 Å². The number of rotatable bonds is 4. The summed E-state index contributed by atoms with van der Waals surface area (Å²) in [7, 11) is 0. The van der Waals surface area contributed by atoms with Gasteiger partial charge in [-0.1, -0.05) is 44.0 Å². The summed E-state index contributed by atoms with van der Waals surface area (Å²) >= 11 is 5.91. The summed E-state index contributed by atoms with van der Waals surface area (Å²) in [4.78, 5) is 11.7. The molecule has 15 heavy (non-hydrogen) atoms. The summed E-state index contributed by atoms with van der Waals surface area (Å²) in [6.07, 6.45) is 1.06. The van der Waals surface area contributed by atoms with E-state index in [1.165, 1.54) is 0 Å². The molecular formula is C12H16ClNO. The lowest BCUT2D eigenvalue weighted by Crippen LogP contribution is -2.28. The molecule has 82 valence electrons. The Morgan fingerprint density at radius 2 is 2.13 bits per heavy atom. The average molecular weight is 226 g/mol. The second-order valence-electron chi connectivity index (χ2n) is 3.70. The Kier molecular flexibility index (Phi) is 4.63. The smallest absolute Gasteiger partial charge is 0.252 e. The van der Waals surface area contributed by atoms with Crippen LogP contribution in [-0.4, -0.2) is 12.5 Å². The van der Waals surface area contributed by atoms with Crippen LogP contribution in [0.4, 0.5) is 0 Å². The van der Waals surface area contributed by atoms with Crippen molar-refractivity contribution < 1.29 is 4.79 Å². The van der Waals surface area contributed by atoms with Gasteiger partial charge in [0, 0.05) is 6.54 Å².